The van der Waals surface area contributed by atoms with Gasteiger partial charge in [0.05, 0.1) is 5.52 Å². The van der Waals surface area contributed by atoms with Crippen molar-refractivity contribution >= 4 is 22.9 Å². The molecule has 0 amide bonds. The van der Waals surface area contributed by atoms with Crippen molar-refractivity contribution in [2.45, 2.75) is 6.92 Å². The zero-order chi connectivity index (χ0) is 11.5. The van der Waals surface area contributed by atoms with E-state index in [1.54, 1.807) is 6.20 Å². The van der Waals surface area contributed by atoms with E-state index >= 15 is 0 Å². The summed E-state index contributed by atoms with van der Waals surface area (Å²) in [5, 5.41) is 0.979. The summed E-state index contributed by atoms with van der Waals surface area (Å²) in [7, 11) is 0. The molecule has 4 N–H and O–H groups in total. The Kier molecular flexibility index (Phi) is 2.83. The Bertz CT molecular complexity index is 546. The molecule has 1 heterocycles. The number of nitrogens with two attached hydrogens (primary N) is 2. The van der Waals surface area contributed by atoms with Crippen molar-refractivity contribution in [3.05, 3.63) is 35.5 Å². The second-order valence-electron chi connectivity index (χ2n) is 3.74. The van der Waals surface area contributed by atoms with E-state index in [2.05, 4.69) is 16.0 Å². The minimum Gasteiger partial charge on any atom is -0.368 e. The second kappa shape index (κ2) is 4.28. The van der Waals surface area contributed by atoms with Crippen LogP contribution in [-0.2, 0) is 0 Å². The molecule has 0 aliphatic carbocycles. The maximum absolute atomic E-state index is 5.54. The largest absolute Gasteiger partial charge is 0.368 e. The van der Waals surface area contributed by atoms with Gasteiger partial charge in [0, 0.05) is 18.1 Å². The van der Waals surface area contributed by atoms with Gasteiger partial charge in [-0.25, -0.2) is 9.97 Å². The molecule has 82 valence electrons. The number of hydrogen-bond donors (Lipinski definition) is 2. The minimum atomic E-state index is 0.300. The van der Waals surface area contributed by atoms with E-state index in [9.17, 15) is 0 Å². The fraction of sp³-hybridized carbons (Fsp3) is 0.167. The standard InChI is InChI=1S/C12H14N4/c1-8(6-13)4-9-2-3-11-10(5-9)7-15-12(14)16-11/h2-5,7H,6,13H2,1H3,(H2,14,15,16)/b8-4+. The molecule has 0 radical (unpaired) electrons. The van der Waals surface area contributed by atoms with Gasteiger partial charge in [-0.05, 0) is 24.6 Å². The highest BCUT2D eigenvalue weighted by molar-refractivity contribution is 5.81. The predicted molar refractivity (Wildman–Crippen MR) is 66.7 cm³/mol. The zero-order valence-electron chi connectivity index (χ0n) is 9.14. The number of aromatic nitrogens is 2. The van der Waals surface area contributed by atoms with Crippen molar-refractivity contribution in [1.82, 2.24) is 9.97 Å². The Balaban J connectivity index is 2.48. The highest BCUT2D eigenvalue weighted by atomic mass is 15.0. The average molecular weight is 214 g/mol. The van der Waals surface area contributed by atoms with E-state index in [-0.39, 0.29) is 0 Å². The smallest absolute Gasteiger partial charge is 0.220 e. The van der Waals surface area contributed by atoms with Gasteiger partial charge in [0.15, 0.2) is 0 Å². The third-order valence-corrected chi connectivity index (χ3v) is 2.36. The topological polar surface area (TPSA) is 77.8 Å². The van der Waals surface area contributed by atoms with Crippen LogP contribution in [0.2, 0.25) is 0 Å². The van der Waals surface area contributed by atoms with Crippen molar-refractivity contribution in [3.8, 4) is 0 Å². The fourth-order valence-corrected chi connectivity index (χ4v) is 1.50. The number of nitrogen functional groups attached to an aromatic ring is 1. The van der Waals surface area contributed by atoms with Gasteiger partial charge in [-0.2, -0.15) is 0 Å². The first-order valence-electron chi connectivity index (χ1n) is 5.08. The first-order valence-corrected chi connectivity index (χ1v) is 5.08. The van der Waals surface area contributed by atoms with Gasteiger partial charge in [-0.15, -0.1) is 0 Å². The van der Waals surface area contributed by atoms with Crippen LogP contribution in [0.3, 0.4) is 0 Å². The maximum Gasteiger partial charge on any atom is 0.220 e. The summed E-state index contributed by atoms with van der Waals surface area (Å²) < 4.78 is 0. The van der Waals surface area contributed by atoms with Crippen molar-refractivity contribution < 1.29 is 0 Å². The summed E-state index contributed by atoms with van der Waals surface area (Å²) in [5.74, 6) is 0.300. The Hall–Kier alpha value is -1.94. The summed E-state index contributed by atoms with van der Waals surface area (Å²) in [6, 6.07) is 5.95. The molecule has 0 aliphatic heterocycles. The van der Waals surface area contributed by atoms with Gasteiger partial charge in [0.1, 0.15) is 0 Å². The molecular weight excluding hydrogens is 200 g/mol. The highest BCUT2D eigenvalue weighted by Gasteiger charge is 1.98. The summed E-state index contributed by atoms with van der Waals surface area (Å²) in [6.07, 6.45) is 3.78. The van der Waals surface area contributed by atoms with E-state index in [1.165, 1.54) is 0 Å². The minimum absolute atomic E-state index is 0.300. The normalized spacial score (nSPS) is 12.0. The molecule has 2 aromatic rings. The first-order chi connectivity index (χ1) is 7.69. The van der Waals surface area contributed by atoms with Gasteiger partial charge >= 0.3 is 0 Å². The zero-order valence-corrected chi connectivity index (χ0v) is 9.14. The SMILES string of the molecule is C/C(=C\c1ccc2nc(N)ncc2c1)CN. The number of anilines is 1. The molecular formula is C12H14N4. The van der Waals surface area contributed by atoms with Crippen LogP contribution in [0.4, 0.5) is 5.95 Å². The second-order valence-corrected chi connectivity index (χ2v) is 3.74. The van der Waals surface area contributed by atoms with Crippen LogP contribution < -0.4 is 11.5 Å². The van der Waals surface area contributed by atoms with Crippen LogP contribution in [0.15, 0.2) is 30.0 Å². The molecule has 0 bridgehead atoms. The van der Waals surface area contributed by atoms with Gasteiger partial charge in [0.25, 0.3) is 0 Å². The molecule has 0 saturated heterocycles. The molecule has 4 heteroatoms. The van der Waals surface area contributed by atoms with Crippen LogP contribution in [0.5, 0.6) is 0 Å². The number of nitrogens with zero attached hydrogens (tertiary/aromatic N) is 2. The fourth-order valence-electron chi connectivity index (χ4n) is 1.50. The van der Waals surface area contributed by atoms with Crippen molar-refractivity contribution in [1.29, 1.82) is 0 Å². The molecule has 2 rings (SSSR count). The molecule has 1 aromatic heterocycles. The van der Waals surface area contributed by atoms with Gasteiger partial charge in [-0.3, -0.25) is 0 Å². The Morgan fingerprint density at radius 3 is 3.00 bits per heavy atom. The quantitative estimate of drug-likeness (QED) is 0.795. The highest BCUT2D eigenvalue weighted by Crippen LogP contribution is 2.15. The summed E-state index contributed by atoms with van der Waals surface area (Å²) >= 11 is 0. The van der Waals surface area contributed by atoms with E-state index in [4.69, 9.17) is 11.5 Å². The Morgan fingerprint density at radius 1 is 1.44 bits per heavy atom. The Morgan fingerprint density at radius 2 is 2.25 bits per heavy atom. The summed E-state index contributed by atoms with van der Waals surface area (Å²) in [4.78, 5) is 8.11. The van der Waals surface area contributed by atoms with Crippen molar-refractivity contribution in [2.75, 3.05) is 12.3 Å². The maximum atomic E-state index is 5.54. The van der Waals surface area contributed by atoms with E-state index in [0.717, 1.165) is 22.0 Å². The van der Waals surface area contributed by atoms with Crippen LogP contribution >= 0.6 is 0 Å². The van der Waals surface area contributed by atoms with Gasteiger partial charge in [-0.1, -0.05) is 17.7 Å². The number of hydrogen-bond acceptors (Lipinski definition) is 4. The van der Waals surface area contributed by atoms with Crippen LogP contribution in [0.25, 0.3) is 17.0 Å². The van der Waals surface area contributed by atoms with Crippen LogP contribution in [-0.4, -0.2) is 16.5 Å². The van der Waals surface area contributed by atoms with Crippen molar-refractivity contribution in [3.63, 3.8) is 0 Å². The molecule has 4 nitrogen and oxygen atoms in total. The van der Waals surface area contributed by atoms with Crippen molar-refractivity contribution in [2.24, 2.45) is 5.73 Å². The third-order valence-electron chi connectivity index (χ3n) is 2.36. The lowest BCUT2D eigenvalue weighted by atomic mass is 10.1. The summed E-state index contributed by atoms with van der Waals surface area (Å²) in [6.45, 7) is 2.57. The van der Waals surface area contributed by atoms with Crippen LogP contribution in [0, 0.1) is 0 Å². The molecule has 0 aliphatic rings. The van der Waals surface area contributed by atoms with E-state index in [1.807, 2.05) is 25.1 Å². The predicted octanol–water partition coefficient (Wildman–Crippen LogP) is 1.57. The molecule has 0 spiro atoms. The monoisotopic (exact) mass is 214 g/mol. The van der Waals surface area contributed by atoms with Gasteiger partial charge in [0.2, 0.25) is 5.95 Å². The molecule has 0 unspecified atom stereocenters. The molecule has 0 atom stereocenters. The lowest BCUT2D eigenvalue weighted by Gasteiger charge is -2.01. The van der Waals surface area contributed by atoms with Gasteiger partial charge < -0.3 is 11.5 Å². The number of benzene rings is 1. The molecule has 0 saturated carbocycles. The third kappa shape index (κ3) is 2.17. The number of fused-ring (bicyclic) bond motifs is 1. The average Bonchev–Trinajstić information content (AvgIpc) is 2.29. The lowest BCUT2D eigenvalue weighted by Crippen LogP contribution is -1.99. The lowest BCUT2D eigenvalue weighted by molar-refractivity contribution is 1.15. The number of rotatable bonds is 2. The molecule has 1 aromatic carbocycles. The van der Waals surface area contributed by atoms with E-state index in [0.29, 0.717) is 12.5 Å². The summed E-state index contributed by atoms with van der Waals surface area (Å²) in [5.41, 5.74) is 14.1. The van der Waals surface area contributed by atoms with E-state index < -0.39 is 0 Å². The Labute approximate surface area is 94.0 Å². The van der Waals surface area contributed by atoms with Crippen LogP contribution in [0.1, 0.15) is 12.5 Å². The first kappa shape index (κ1) is 10.6. The molecule has 16 heavy (non-hydrogen) atoms. The molecule has 0 fully saturated rings.